The van der Waals surface area contributed by atoms with Crippen LogP contribution < -0.4 is 9.47 Å². The predicted octanol–water partition coefficient (Wildman–Crippen LogP) is 5.62. The van der Waals surface area contributed by atoms with E-state index in [-0.39, 0.29) is 29.7 Å². The Hall–Kier alpha value is -3.26. The summed E-state index contributed by atoms with van der Waals surface area (Å²) in [6, 6.07) is 18.0. The van der Waals surface area contributed by atoms with Crippen LogP contribution in [-0.4, -0.2) is 67.0 Å². The third kappa shape index (κ3) is 8.36. The zero-order valence-corrected chi connectivity index (χ0v) is 23.3. The topological polar surface area (TPSA) is 88.5 Å². The van der Waals surface area contributed by atoms with Crippen molar-refractivity contribution in [2.45, 2.75) is 32.6 Å². The molecule has 0 amide bonds. The van der Waals surface area contributed by atoms with Gasteiger partial charge >= 0.3 is 0 Å². The Kier molecular flexibility index (Phi) is 11.9. The number of halogens is 1. The maximum Gasteiger partial charge on any atom is 0.201 e. The first kappa shape index (κ1) is 30.3. The van der Waals surface area contributed by atoms with Gasteiger partial charge in [0.15, 0.2) is 0 Å². The van der Waals surface area contributed by atoms with Gasteiger partial charge in [-0.05, 0) is 66.8 Å². The van der Waals surface area contributed by atoms with E-state index in [1.165, 1.54) is 12.1 Å². The minimum absolute atomic E-state index is 0. The lowest BCUT2D eigenvalue weighted by atomic mass is 9.84. The van der Waals surface area contributed by atoms with Crippen LogP contribution >= 0.6 is 12.4 Å². The van der Waals surface area contributed by atoms with E-state index in [1.54, 1.807) is 12.1 Å². The molecule has 7 nitrogen and oxygen atoms in total. The van der Waals surface area contributed by atoms with Crippen LogP contribution in [0.4, 0.5) is 0 Å². The summed E-state index contributed by atoms with van der Waals surface area (Å²) in [7, 11) is 0. The Bertz CT molecular complexity index is 1140. The van der Waals surface area contributed by atoms with Gasteiger partial charge in [-0.2, -0.15) is 0 Å². The zero-order chi connectivity index (χ0) is 26.7. The molecule has 3 aromatic carbocycles. The molecule has 3 aromatic rings. The summed E-state index contributed by atoms with van der Waals surface area (Å²) in [5.41, 5.74) is 2.21. The van der Waals surface area contributed by atoms with Crippen molar-refractivity contribution in [2.75, 3.05) is 46.1 Å². The molecule has 0 atom stereocenters. The largest absolute Gasteiger partial charge is 0.507 e. The van der Waals surface area contributed by atoms with Crippen molar-refractivity contribution >= 4 is 18.2 Å². The predicted molar refractivity (Wildman–Crippen MR) is 154 cm³/mol. The second kappa shape index (κ2) is 15.4. The second-order valence-electron chi connectivity index (χ2n) is 9.46. The van der Waals surface area contributed by atoms with Gasteiger partial charge in [-0.1, -0.05) is 37.6 Å². The van der Waals surface area contributed by atoms with Crippen LogP contribution in [0.1, 0.15) is 53.2 Å². The molecule has 0 aromatic heterocycles. The minimum atomic E-state index is -0.308. The Balaban J connectivity index is 0.000000214. The van der Waals surface area contributed by atoms with E-state index in [0.29, 0.717) is 17.5 Å². The molecule has 5 rings (SSSR count). The second-order valence-corrected chi connectivity index (χ2v) is 9.46. The number of phenols is 2. The molecule has 0 spiro atoms. The van der Waals surface area contributed by atoms with Crippen LogP contribution in [0.5, 0.6) is 23.0 Å². The monoisotopic (exact) mass is 555 g/mol. The summed E-state index contributed by atoms with van der Waals surface area (Å²) in [6.45, 7) is 8.61. The van der Waals surface area contributed by atoms with Crippen molar-refractivity contribution in [3.63, 3.8) is 0 Å². The van der Waals surface area contributed by atoms with Crippen LogP contribution in [-0.2, 0) is 11.2 Å². The van der Waals surface area contributed by atoms with Gasteiger partial charge in [-0.3, -0.25) is 9.69 Å². The highest BCUT2D eigenvalue weighted by molar-refractivity contribution is 6.15. The zero-order valence-electron chi connectivity index (χ0n) is 22.4. The van der Waals surface area contributed by atoms with Crippen molar-refractivity contribution in [1.82, 2.24) is 4.90 Å². The summed E-state index contributed by atoms with van der Waals surface area (Å²) >= 11 is 0. The molecule has 8 heteroatoms. The molecule has 1 aliphatic carbocycles. The van der Waals surface area contributed by atoms with Crippen LogP contribution in [0.2, 0.25) is 0 Å². The fourth-order valence-electron chi connectivity index (χ4n) is 4.59. The van der Waals surface area contributed by atoms with Gasteiger partial charge in [0, 0.05) is 19.6 Å². The number of nitrogens with zero attached hydrogens (tertiary/aromatic N) is 1. The minimum Gasteiger partial charge on any atom is -0.507 e. The molecule has 2 aliphatic rings. The lowest BCUT2D eigenvalue weighted by Crippen LogP contribution is -2.37. The number of ketones is 1. The van der Waals surface area contributed by atoms with Gasteiger partial charge in [0.1, 0.15) is 23.0 Å². The summed E-state index contributed by atoms with van der Waals surface area (Å²) in [4.78, 5) is 14.7. The molecule has 1 aliphatic heterocycles. The van der Waals surface area contributed by atoms with Gasteiger partial charge in [-0.25, -0.2) is 0 Å². The highest BCUT2D eigenvalue weighted by Gasteiger charge is 2.28. The molecule has 39 heavy (non-hydrogen) atoms. The van der Waals surface area contributed by atoms with Gasteiger partial charge in [0.05, 0.1) is 37.6 Å². The first-order valence-corrected chi connectivity index (χ1v) is 13.4. The van der Waals surface area contributed by atoms with E-state index in [1.807, 2.05) is 36.4 Å². The third-order valence-corrected chi connectivity index (χ3v) is 6.67. The number of carbonyl (C=O) groups is 1. The number of aromatic hydroxyl groups is 2. The first-order chi connectivity index (χ1) is 18.6. The highest BCUT2D eigenvalue weighted by Crippen LogP contribution is 2.35. The van der Waals surface area contributed by atoms with E-state index < -0.39 is 0 Å². The lowest BCUT2D eigenvalue weighted by molar-refractivity contribution is 0.0358. The smallest absolute Gasteiger partial charge is 0.201 e. The Morgan fingerprint density at radius 2 is 1.31 bits per heavy atom. The number of morpholine rings is 1. The molecule has 0 unspecified atom stereocenters. The van der Waals surface area contributed by atoms with Crippen molar-refractivity contribution in [3.8, 4) is 23.0 Å². The Labute approximate surface area is 236 Å². The average Bonchev–Trinajstić information content (AvgIpc) is 2.93. The van der Waals surface area contributed by atoms with E-state index in [0.717, 1.165) is 88.0 Å². The molecule has 210 valence electrons. The molecular weight excluding hydrogens is 518 g/mol. The van der Waals surface area contributed by atoms with Crippen LogP contribution in [0.25, 0.3) is 0 Å². The molecule has 0 radical (unpaired) electrons. The quantitative estimate of drug-likeness (QED) is 0.259. The van der Waals surface area contributed by atoms with E-state index in [4.69, 9.17) is 14.2 Å². The van der Waals surface area contributed by atoms with Gasteiger partial charge in [0.2, 0.25) is 5.78 Å². The van der Waals surface area contributed by atoms with E-state index in [2.05, 4.69) is 11.8 Å². The molecule has 1 saturated heterocycles. The fourth-order valence-corrected chi connectivity index (χ4v) is 4.59. The van der Waals surface area contributed by atoms with Crippen LogP contribution in [0.15, 0.2) is 60.7 Å². The number of phenolic OH excluding ortho intramolecular Hbond substituents is 2. The summed E-state index contributed by atoms with van der Waals surface area (Å²) < 4.78 is 16.7. The molecule has 0 saturated carbocycles. The molecule has 1 heterocycles. The lowest BCUT2D eigenvalue weighted by Gasteiger charge is -2.26. The highest BCUT2D eigenvalue weighted by atomic mass is 35.5. The molecular formula is C31H38ClNO6. The number of carbonyl (C=O) groups excluding carboxylic acids is 1. The molecule has 2 N–H and O–H groups in total. The van der Waals surface area contributed by atoms with Crippen molar-refractivity contribution in [3.05, 3.63) is 82.9 Å². The third-order valence-electron chi connectivity index (χ3n) is 6.67. The number of fused-ring (bicyclic) bond motifs is 2. The molecule has 1 fully saturated rings. The Morgan fingerprint density at radius 3 is 1.82 bits per heavy atom. The summed E-state index contributed by atoms with van der Waals surface area (Å²) in [6.07, 6.45) is 3.86. The maximum atomic E-state index is 12.2. The average molecular weight is 556 g/mol. The van der Waals surface area contributed by atoms with Crippen molar-refractivity contribution in [2.24, 2.45) is 0 Å². The number of benzene rings is 3. The van der Waals surface area contributed by atoms with E-state index >= 15 is 0 Å². The number of ether oxygens (including phenoxy) is 3. The van der Waals surface area contributed by atoms with Crippen molar-refractivity contribution in [1.29, 1.82) is 0 Å². The Morgan fingerprint density at radius 1 is 0.795 bits per heavy atom. The number of hydrogen-bond donors (Lipinski definition) is 2. The standard InChI is InChI=1S/C17H27NO3.C14H10O3.ClH/c1-2-3-12-20-16-5-7-17(8-6-16)21-13-4-9-18-10-14-19-15-11-18;15-10-5-1-3-8-7-9-4-2-6-11(16)13(9)14(17)12(8)10;/h5-8H,2-4,9-15H2,1H3;1-6,15-16H,7H2;1H. The SMILES string of the molecule is CCCCOc1ccc(OCCCN2CCOCC2)cc1.Cl.O=C1c2c(O)cccc2Cc2cccc(O)c21. The summed E-state index contributed by atoms with van der Waals surface area (Å²) in [5, 5.41) is 19.5. The maximum absolute atomic E-state index is 12.2. The van der Waals surface area contributed by atoms with Crippen LogP contribution in [0, 0.1) is 0 Å². The first-order valence-electron chi connectivity index (χ1n) is 13.4. The summed E-state index contributed by atoms with van der Waals surface area (Å²) in [5.74, 6) is 1.48. The fraction of sp³-hybridized carbons (Fsp3) is 0.387. The number of unbranched alkanes of at least 4 members (excludes halogenated alkanes) is 1. The molecule has 0 bridgehead atoms. The van der Waals surface area contributed by atoms with E-state index in [9.17, 15) is 15.0 Å². The van der Waals surface area contributed by atoms with Crippen molar-refractivity contribution < 1.29 is 29.2 Å². The number of rotatable bonds is 9. The van der Waals surface area contributed by atoms with Gasteiger partial charge < -0.3 is 24.4 Å². The normalized spacial score (nSPS) is 14.2. The van der Waals surface area contributed by atoms with Crippen LogP contribution in [0.3, 0.4) is 0 Å². The van der Waals surface area contributed by atoms with Gasteiger partial charge in [-0.15, -0.1) is 12.4 Å². The number of hydrogen-bond acceptors (Lipinski definition) is 7. The van der Waals surface area contributed by atoms with Gasteiger partial charge in [0.25, 0.3) is 0 Å².